The normalized spacial score (nSPS) is 11.7. The number of rotatable bonds is 5. The van der Waals surface area contributed by atoms with Crippen molar-refractivity contribution in [2.24, 2.45) is 4.99 Å². The Bertz CT molecular complexity index is 538. The molecule has 0 aliphatic rings. The van der Waals surface area contributed by atoms with Crippen molar-refractivity contribution in [3.8, 4) is 0 Å². The van der Waals surface area contributed by atoms with Crippen LogP contribution in [0.5, 0.6) is 0 Å². The summed E-state index contributed by atoms with van der Waals surface area (Å²) in [5, 5.41) is 11.7. The fraction of sp³-hybridized carbons (Fsp3) is 0.462. The maximum absolute atomic E-state index is 4.50. The van der Waals surface area contributed by atoms with Crippen LogP contribution in [0.2, 0.25) is 0 Å². The van der Waals surface area contributed by atoms with Crippen molar-refractivity contribution in [3.05, 3.63) is 34.0 Å². The van der Waals surface area contributed by atoms with E-state index in [1.807, 2.05) is 23.9 Å². The van der Waals surface area contributed by atoms with E-state index in [2.05, 4.69) is 32.6 Å². The van der Waals surface area contributed by atoms with Crippen LogP contribution in [0.3, 0.4) is 0 Å². The summed E-state index contributed by atoms with van der Waals surface area (Å²) in [6.45, 7) is 6.40. The van der Waals surface area contributed by atoms with Gasteiger partial charge in [0, 0.05) is 30.9 Å². The van der Waals surface area contributed by atoms with Crippen LogP contribution in [0, 0.1) is 13.8 Å². The summed E-state index contributed by atoms with van der Waals surface area (Å²) >= 11 is 1.72. The number of nitrogens with one attached hydrogen (secondary N) is 2. The molecule has 0 bridgehead atoms. The Hall–Kier alpha value is -1.89. The smallest absolute Gasteiger partial charge is 0.191 e. The molecule has 0 saturated heterocycles. The van der Waals surface area contributed by atoms with Crippen molar-refractivity contribution in [1.82, 2.24) is 25.4 Å². The monoisotopic (exact) mass is 292 g/mol. The van der Waals surface area contributed by atoms with E-state index in [0.29, 0.717) is 6.54 Å². The highest BCUT2D eigenvalue weighted by Gasteiger charge is 2.04. The second-order valence-corrected chi connectivity index (χ2v) is 5.66. The largest absolute Gasteiger partial charge is 0.355 e. The first kappa shape index (κ1) is 14.5. The van der Waals surface area contributed by atoms with Crippen LogP contribution < -0.4 is 10.6 Å². The van der Waals surface area contributed by atoms with Gasteiger partial charge in [-0.05, 0) is 19.9 Å². The Kier molecular flexibility index (Phi) is 5.11. The molecule has 2 aromatic heterocycles. The van der Waals surface area contributed by atoms with E-state index in [9.17, 15) is 0 Å². The molecule has 2 rings (SSSR count). The molecule has 0 aliphatic heterocycles. The number of hydrogen-bond acceptors (Lipinski definition) is 4. The molecule has 108 valence electrons. The van der Waals surface area contributed by atoms with Gasteiger partial charge < -0.3 is 10.6 Å². The molecule has 0 spiro atoms. The molecule has 0 fully saturated rings. The van der Waals surface area contributed by atoms with Gasteiger partial charge >= 0.3 is 0 Å². The Morgan fingerprint density at radius 3 is 2.85 bits per heavy atom. The molecule has 0 aliphatic carbocycles. The molecule has 6 nitrogen and oxygen atoms in total. The molecule has 7 heteroatoms. The molecular formula is C13H20N6S. The van der Waals surface area contributed by atoms with Crippen LogP contribution in [0.4, 0.5) is 0 Å². The number of aryl methyl sites for hydroxylation is 2. The SMILES string of the molecule is CN=C(NCCn1cccn1)NCc1nc(C)c(C)s1. The molecule has 2 aromatic rings. The fourth-order valence-corrected chi connectivity index (χ4v) is 2.59. The molecule has 0 saturated carbocycles. The number of aromatic nitrogens is 3. The molecule has 0 aromatic carbocycles. The van der Waals surface area contributed by atoms with Crippen molar-refractivity contribution in [1.29, 1.82) is 0 Å². The minimum atomic E-state index is 0.695. The first-order chi connectivity index (χ1) is 9.69. The van der Waals surface area contributed by atoms with Gasteiger partial charge in [-0.2, -0.15) is 5.10 Å². The maximum atomic E-state index is 4.50. The highest BCUT2D eigenvalue weighted by Crippen LogP contribution is 2.15. The number of hydrogen-bond donors (Lipinski definition) is 2. The number of thiazole rings is 1. The zero-order valence-electron chi connectivity index (χ0n) is 12.1. The van der Waals surface area contributed by atoms with Gasteiger partial charge in [-0.25, -0.2) is 4.98 Å². The third-order valence-electron chi connectivity index (χ3n) is 2.90. The van der Waals surface area contributed by atoms with Crippen molar-refractivity contribution >= 4 is 17.3 Å². The van der Waals surface area contributed by atoms with Crippen LogP contribution in [0.15, 0.2) is 23.5 Å². The minimum absolute atomic E-state index is 0.695. The van der Waals surface area contributed by atoms with Gasteiger partial charge in [0.25, 0.3) is 0 Å². The third-order valence-corrected chi connectivity index (χ3v) is 3.97. The highest BCUT2D eigenvalue weighted by molar-refractivity contribution is 7.11. The number of guanidine groups is 1. The topological polar surface area (TPSA) is 67.1 Å². The van der Waals surface area contributed by atoms with E-state index in [-0.39, 0.29) is 0 Å². The summed E-state index contributed by atoms with van der Waals surface area (Å²) < 4.78 is 1.88. The van der Waals surface area contributed by atoms with Crippen molar-refractivity contribution in [3.63, 3.8) is 0 Å². The van der Waals surface area contributed by atoms with Crippen LogP contribution in [-0.2, 0) is 13.1 Å². The Morgan fingerprint density at radius 1 is 1.40 bits per heavy atom. The van der Waals surface area contributed by atoms with Crippen molar-refractivity contribution in [2.45, 2.75) is 26.9 Å². The van der Waals surface area contributed by atoms with Crippen LogP contribution >= 0.6 is 11.3 Å². The summed E-state index contributed by atoms with van der Waals surface area (Å²) in [7, 11) is 1.77. The van der Waals surface area contributed by atoms with E-state index in [1.54, 1.807) is 24.6 Å². The Balaban J connectivity index is 1.75. The lowest BCUT2D eigenvalue weighted by molar-refractivity contribution is 0.597. The molecule has 0 atom stereocenters. The van der Waals surface area contributed by atoms with Gasteiger partial charge in [-0.15, -0.1) is 11.3 Å². The lowest BCUT2D eigenvalue weighted by Gasteiger charge is -2.10. The van der Waals surface area contributed by atoms with Crippen LogP contribution in [0.25, 0.3) is 0 Å². The van der Waals surface area contributed by atoms with E-state index in [1.165, 1.54) is 4.88 Å². The third kappa shape index (κ3) is 4.06. The number of aliphatic imine (C=N–C) groups is 1. The average Bonchev–Trinajstić information content (AvgIpc) is 3.05. The summed E-state index contributed by atoms with van der Waals surface area (Å²) in [6.07, 6.45) is 3.72. The van der Waals surface area contributed by atoms with Crippen LogP contribution in [-0.4, -0.2) is 34.3 Å². The Labute approximate surface area is 123 Å². The van der Waals surface area contributed by atoms with E-state index >= 15 is 0 Å². The highest BCUT2D eigenvalue weighted by atomic mass is 32.1. The lowest BCUT2D eigenvalue weighted by atomic mass is 10.4. The van der Waals surface area contributed by atoms with Gasteiger partial charge in [-0.1, -0.05) is 0 Å². The molecule has 20 heavy (non-hydrogen) atoms. The first-order valence-corrected chi connectivity index (χ1v) is 7.35. The van der Waals surface area contributed by atoms with E-state index < -0.39 is 0 Å². The second kappa shape index (κ2) is 7.04. The molecule has 2 N–H and O–H groups in total. The molecular weight excluding hydrogens is 272 g/mol. The van der Waals surface area contributed by atoms with Crippen molar-refractivity contribution in [2.75, 3.05) is 13.6 Å². The maximum Gasteiger partial charge on any atom is 0.191 e. The molecule has 2 heterocycles. The Morgan fingerprint density at radius 2 is 2.25 bits per heavy atom. The fourth-order valence-electron chi connectivity index (χ4n) is 1.72. The predicted molar refractivity (Wildman–Crippen MR) is 82.0 cm³/mol. The summed E-state index contributed by atoms with van der Waals surface area (Å²) in [5.41, 5.74) is 1.11. The quantitative estimate of drug-likeness (QED) is 0.644. The van der Waals surface area contributed by atoms with Gasteiger partial charge in [0.15, 0.2) is 5.96 Å². The van der Waals surface area contributed by atoms with E-state index in [4.69, 9.17) is 0 Å². The second-order valence-electron chi connectivity index (χ2n) is 4.37. The standard InChI is InChI=1S/C13H20N6S/c1-10-11(2)20-12(18-10)9-16-13(14-3)15-6-8-19-7-4-5-17-19/h4-5,7H,6,8-9H2,1-3H3,(H2,14,15,16). The van der Waals surface area contributed by atoms with E-state index in [0.717, 1.165) is 29.8 Å². The minimum Gasteiger partial charge on any atom is -0.355 e. The van der Waals surface area contributed by atoms with Gasteiger partial charge in [0.2, 0.25) is 0 Å². The number of nitrogens with zero attached hydrogens (tertiary/aromatic N) is 4. The zero-order chi connectivity index (χ0) is 14.4. The zero-order valence-corrected chi connectivity index (χ0v) is 12.9. The van der Waals surface area contributed by atoms with Crippen LogP contribution in [0.1, 0.15) is 15.6 Å². The predicted octanol–water partition coefficient (Wildman–Crippen LogP) is 1.32. The van der Waals surface area contributed by atoms with Gasteiger partial charge in [0.05, 0.1) is 18.8 Å². The summed E-state index contributed by atoms with van der Waals surface area (Å²) in [4.78, 5) is 9.96. The first-order valence-electron chi connectivity index (χ1n) is 6.54. The summed E-state index contributed by atoms with van der Waals surface area (Å²) in [6, 6.07) is 1.92. The molecule has 0 amide bonds. The average molecular weight is 292 g/mol. The van der Waals surface area contributed by atoms with Gasteiger partial charge in [0.1, 0.15) is 5.01 Å². The molecule has 0 unspecified atom stereocenters. The van der Waals surface area contributed by atoms with Gasteiger partial charge in [-0.3, -0.25) is 9.67 Å². The lowest BCUT2D eigenvalue weighted by Crippen LogP contribution is -2.38. The van der Waals surface area contributed by atoms with Crippen molar-refractivity contribution < 1.29 is 0 Å². The summed E-state index contributed by atoms with van der Waals surface area (Å²) in [5.74, 6) is 0.780. The molecule has 0 radical (unpaired) electrons.